The summed E-state index contributed by atoms with van der Waals surface area (Å²) in [4.78, 5) is 1.39. The molecule has 2 heteroatoms. The molecule has 0 fully saturated rings. The zero-order valence-electron chi connectivity index (χ0n) is 4.87. The Labute approximate surface area is 56.8 Å². The molecule has 0 saturated carbocycles. The van der Waals surface area contributed by atoms with E-state index >= 15 is 0 Å². The van der Waals surface area contributed by atoms with Crippen molar-refractivity contribution in [2.75, 3.05) is 0 Å². The van der Waals surface area contributed by atoms with Crippen LogP contribution >= 0.6 is 10.7 Å². The SMILES string of the molecule is C1=CNS2=CC=CC2=C1. The van der Waals surface area contributed by atoms with Crippen molar-refractivity contribution in [1.29, 1.82) is 0 Å². The Morgan fingerprint density at radius 3 is 3.22 bits per heavy atom. The van der Waals surface area contributed by atoms with E-state index in [2.05, 4.69) is 28.3 Å². The van der Waals surface area contributed by atoms with Crippen molar-refractivity contribution in [3.63, 3.8) is 0 Å². The largest absolute Gasteiger partial charge is 0.338 e. The maximum Gasteiger partial charge on any atom is 0.0210 e. The smallest absolute Gasteiger partial charge is 0.0210 e. The van der Waals surface area contributed by atoms with Gasteiger partial charge in [-0.05, 0) is 23.6 Å². The van der Waals surface area contributed by atoms with E-state index in [1.54, 1.807) is 0 Å². The molecule has 46 valence electrons. The maximum atomic E-state index is 3.24. The third-order valence-electron chi connectivity index (χ3n) is 1.28. The van der Waals surface area contributed by atoms with Gasteiger partial charge in [0.1, 0.15) is 0 Å². The van der Waals surface area contributed by atoms with Crippen molar-refractivity contribution < 1.29 is 0 Å². The van der Waals surface area contributed by atoms with E-state index in [9.17, 15) is 0 Å². The fourth-order valence-electron chi connectivity index (χ4n) is 0.856. The Balaban J connectivity index is 2.46. The van der Waals surface area contributed by atoms with Crippen LogP contribution in [-0.4, -0.2) is 5.37 Å². The monoisotopic (exact) mass is 137 g/mol. The van der Waals surface area contributed by atoms with Crippen molar-refractivity contribution >= 4 is 16.0 Å². The maximum absolute atomic E-state index is 3.24. The van der Waals surface area contributed by atoms with Gasteiger partial charge in [-0.3, -0.25) is 0 Å². The van der Waals surface area contributed by atoms with E-state index in [1.807, 2.05) is 12.3 Å². The van der Waals surface area contributed by atoms with Gasteiger partial charge in [0.2, 0.25) is 0 Å². The quantitative estimate of drug-likeness (QED) is 0.499. The fourth-order valence-corrected chi connectivity index (χ4v) is 2.14. The van der Waals surface area contributed by atoms with Crippen LogP contribution in [0.3, 0.4) is 0 Å². The van der Waals surface area contributed by atoms with E-state index in [1.165, 1.54) is 4.91 Å². The van der Waals surface area contributed by atoms with Crippen LogP contribution in [0, 0.1) is 0 Å². The van der Waals surface area contributed by atoms with Gasteiger partial charge in [-0.25, -0.2) is 0 Å². The first-order valence-electron chi connectivity index (χ1n) is 2.84. The average molecular weight is 137 g/mol. The second-order valence-electron chi connectivity index (χ2n) is 1.88. The standard InChI is InChI=1S/C7H7NS/c1-3-7-4-2-6-9(7)8-5-1/h1-6,8H. The molecule has 2 rings (SSSR count). The molecule has 2 heterocycles. The second kappa shape index (κ2) is 1.88. The lowest BCUT2D eigenvalue weighted by Crippen LogP contribution is -1.97. The molecule has 0 aromatic heterocycles. The highest BCUT2D eigenvalue weighted by Gasteiger charge is 2.03. The van der Waals surface area contributed by atoms with Gasteiger partial charge in [-0.2, -0.15) is 0 Å². The molecule has 1 atom stereocenters. The third kappa shape index (κ3) is 0.754. The summed E-state index contributed by atoms with van der Waals surface area (Å²) < 4.78 is 3.24. The third-order valence-corrected chi connectivity index (χ3v) is 2.88. The summed E-state index contributed by atoms with van der Waals surface area (Å²) >= 11 is 0. The van der Waals surface area contributed by atoms with Gasteiger partial charge in [0, 0.05) is 11.1 Å². The van der Waals surface area contributed by atoms with E-state index in [-0.39, 0.29) is 10.7 Å². The molecule has 1 unspecified atom stereocenters. The number of hydrogen-bond donors (Lipinski definition) is 1. The van der Waals surface area contributed by atoms with Gasteiger partial charge in [0.05, 0.1) is 0 Å². The summed E-state index contributed by atoms with van der Waals surface area (Å²) in [6.45, 7) is 0. The summed E-state index contributed by atoms with van der Waals surface area (Å²) in [6, 6.07) is 0. The molecule has 0 bridgehead atoms. The summed E-state index contributed by atoms with van der Waals surface area (Å²) in [5.74, 6) is 0. The van der Waals surface area contributed by atoms with Crippen LogP contribution in [0.15, 0.2) is 35.4 Å². The molecular formula is C7H7NS. The van der Waals surface area contributed by atoms with Crippen LogP contribution in [0.25, 0.3) is 0 Å². The number of fused-ring (bicyclic) bond motifs is 1. The lowest BCUT2D eigenvalue weighted by molar-refractivity contribution is 1.40. The first-order chi connectivity index (χ1) is 4.47. The van der Waals surface area contributed by atoms with Crippen molar-refractivity contribution in [3.8, 4) is 0 Å². The number of rotatable bonds is 0. The van der Waals surface area contributed by atoms with Crippen LogP contribution in [0.1, 0.15) is 0 Å². The molecule has 0 radical (unpaired) electrons. The van der Waals surface area contributed by atoms with Crippen LogP contribution in [-0.2, 0) is 0 Å². The zero-order valence-corrected chi connectivity index (χ0v) is 5.69. The number of nitrogens with one attached hydrogen (secondary N) is 1. The van der Waals surface area contributed by atoms with Crippen LogP contribution in [0.4, 0.5) is 0 Å². The second-order valence-corrected chi connectivity index (χ2v) is 3.53. The van der Waals surface area contributed by atoms with Gasteiger partial charge >= 0.3 is 0 Å². The Morgan fingerprint density at radius 1 is 1.33 bits per heavy atom. The summed E-state index contributed by atoms with van der Waals surface area (Å²) in [5.41, 5.74) is 0. The molecule has 0 spiro atoms. The minimum absolute atomic E-state index is 0.203. The Morgan fingerprint density at radius 2 is 2.33 bits per heavy atom. The van der Waals surface area contributed by atoms with Crippen molar-refractivity contribution in [1.82, 2.24) is 4.72 Å². The predicted molar refractivity (Wildman–Crippen MR) is 43.2 cm³/mol. The van der Waals surface area contributed by atoms with E-state index in [0.717, 1.165) is 0 Å². The van der Waals surface area contributed by atoms with Gasteiger partial charge in [0.15, 0.2) is 0 Å². The van der Waals surface area contributed by atoms with Crippen molar-refractivity contribution in [2.45, 2.75) is 0 Å². The van der Waals surface area contributed by atoms with Crippen LogP contribution < -0.4 is 4.72 Å². The normalized spacial score (nSPS) is 28.4. The molecule has 2 aliphatic rings. The Kier molecular flexibility index (Phi) is 1.06. The van der Waals surface area contributed by atoms with E-state index in [4.69, 9.17) is 0 Å². The molecule has 1 nitrogen and oxygen atoms in total. The van der Waals surface area contributed by atoms with Crippen LogP contribution in [0.5, 0.6) is 0 Å². The molecule has 9 heavy (non-hydrogen) atoms. The first-order valence-corrected chi connectivity index (χ1v) is 4.13. The zero-order chi connectivity index (χ0) is 6.10. The van der Waals surface area contributed by atoms with E-state index in [0.29, 0.717) is 0 Å². The highest BCUT2D eigenvalue weighted by Crippen LogP contribution is 2.27. The fraction of sp³-hybridized carbons (Fsp3) is 0. The van der Waals surface area contributed by atoms with Crippen molar-refractivity contribution in [3.05, 3.63) is 35.4 Å². The summed E-state index contributed by atoms with van der Waals surface area (Å²) in [7, 11) is 0.203. The summed E-state index contributed by atoms with van der Waals surface area (Å²) in [6.07, 6.45) is 10.4. The predicted octanol–water partition coefficient (Wildman–Crippen LogP) is 1.54. The van der Waals surface area contributed by atoms with E-state index < -0.39 is 0 Å². The molecule has 0 aliphatic carbocycles. The molecule has 0 aromatic carbocycles. The topological polar surface area (TPSA) is 12.0 Å². The lowest BCUT2D eigenvalue weighted by atomic mass is 10.4. The first kappa shape index (κ1) is 5.06. The number of allylic oxidation sites excluding steroid dienone is 4. The molecule has 1 N–H and O–H groups in total. The van der Waals surface area contributed by atoms with Gasteiger partial charge in [0.25, 0.3) is 0 Å². The van der Waals surface area contributed by atoms with Crippen molar-refractivity contribution in [2.24, 2.45) is 0 Å². The Hall–Kier alpha value is -0.760. The Bertz CT molecular complexity index is 246. The number of hydrogen-bond acceptors (Lipinski definition) is 1. The van der Waals surface area contributed by atoms with Gasteiger partial charge < -0.3 is 4.72 Å². The summed E-state index contributed by atoms with van der Waals surface area (Å²) in [5, 5.41) is 2.18. The molecule has 0 aromatic rings. The highest BCUT2D eigenvalue weighted by atomic mass is 32.2. The average Bonchev–Trinajstić information content (AvgIpc) is 2.33. The van der Waals surface area contributed by atoms with Gasteiger partial charge in [-0.15, -0.1) is 0 Å². The molecule has 0 saturated heterocycles. The molecule has 2 aliphatic heterocycles. The molecular weight excluding hydrogens is 130 g/mol. The minimum atomic E-state index is 0.203. The van der Waals surface area contributed by atoms with Crippen LogP contribution in [0.2, 0.25) is 0 Å². The highest BCUT2D eigenvalue weighted by molar-refractivity contribution is 8.17. The lowest BCUT2D eigenvalue weighted by Gasteiger charge is -2.08. The minimum Gasteiger partial charge on any atom is -0.338 e. The molecule has 0 amide bonds. The van der Waals surface area contributed by atoms with Gasteiger partial charge in [-0.1, -0.05) is 16.7 Å².